The SMILES string of the molecule is Cc1ccc(CCC(=O)N2CC(C)(OCC(=O)O)C2)cc1. The van der Waals surface area contributed by atoms with Crippen molar-refractivity contribution in [3.63, 3.8) is 0 Å². The average molecular weight is 291 g/mol. The summed E-state index contributed by atoms with van der Waals surface area (Å²) in [6, 6.07) is 8.16. The lowest BCUT2D eigenvalue weighted by Crippen LogP contribution is -2.63. The van der Waals surface area contributed by atoms with Gasteiger partial charge in [-0.05, 0) is 25.8 Å². The van der Waals surface area contributed by atoms with Crippen LogP contribution in [0.3, 0.4) is 0 Å². The number of rotatable bonds is 6. The standard InChI is InChI=1S/C16H21NO4/c1-12-3-5-13(6-4-12)7-8-14(18)17-10-16(2,11-17)21-9-15(19)20/h3-6H,7-11H2,1-2H3,(H,19,20). The van der Waals surface area contributed by atoms with Gasteiger partial charge in [0.2, 0.25) is 5.91 Å². The van der Waals surface area contributed by atoms with E-state index in [0.717, 1.165) is 12.0 Å². The maximum Gasteiger partial charge on any atom is 0.329 e. The fourth-order valence-electron chi connectivity index (χ4n) is 2.43. The third-order valence-corrected chi connectivity index (χ3v) is 3.70. The number of carbonyl (C=O) groups is 2. The van der Waals surface area contributed by atoms with E-state index in [1.807, 2.05) is 38.1 Å². The molecule has 21 heavy (non-hydrogen) atoms. The molecule has 1 aliphatic heterocycles. The number of carbonyl (C=O) groups excluding carboxylic acids is 1. The molecular formula is C16H21NO4. The molecule has 0 bridgehead atoms. The molecule has 1 aromatic rings. The number of hydrogen-bond acceptors (Lipinski definition) is 3. The number of carboxylic acids is 1. The molecule has 0 spiro atoms. The van der Waals surface area contributed by atoms with Gasteiger partial charge in [-0.2, -0.15) is 0 Å². The number of amides is 1. The van der Waals surface area contributed by atoms with Gasteiger partial charge in [-0.3, -0.25) is 4.79 Å². The van der Waals surface area contributed by atoms with Gasteiger partial charge in [0.25, 0.3) is 0 Å². The van der Waals surface area contributed by atoms with Crippen molar-refractivity contribution in [2.75, 3.05) is 19.7 Å². The second-order valence-electron chi connectivity index (χ2n) is 5.87. The highest BCUT2D eigenvalue weighted by atomic mass is 16.5. The lowest BCUT2D eigenvalue weighted by atomic mass is 9.95. The number of benzene rings is 1. The van der Waals surface area contributed by atoms with Gasteiger partial charge in [0.05, 0.1) is 13.1 Å². The fourth-order valence-corrected chi connectivity index (χ4v) is 2.43. The average Bonchev–Trinajstić information content (AvgIpc) is 2.41. The third-order valence-electron chi connectivity index (χ3n) is 3.70. The topological polar surface area (TPSA) is 66.8 Å². The predicted octanol–water partition coefficient (Wildman–Crippen LogP) is 1.63. The summed E-state index contributed by atoms with van der Waals surface area (Å²) in [5, 5.41) is 8.60. The minimum atomic E-state index is -0.986. The van der Waals surface area contributed by atoms with Crippen molar-refractivity contribution in [3.8, 4) is 0 Å². The van der Waals surface area contributed by atoms with Crippen LogP contribution in [0.25, 0.3) is 0 Å². The molecule has 2 rings (SSSR count). The highest BCUT2D eigenvalue weighted by Crippen LogP contribution is 2.25. The number of ether oxygens (including phenoxy) is 1. The number of hydrogen-bond donors (Lipinski definition) is 1. The van der Waals surface area contributed by atoms with Crippen LogP contribution in [0.1, 0.15) is 24.5 Å². The van der Waals surface area contributed by atoms with Gasteiger partial charge in [-0.25, -0.2) is 4.79 Å². The van der Waals surface area contributed by atoms with E-state index in [1.165, 1.54) is 5.56 Å². The Balaban J connectivity index is 1.73. The van der Waals surface area contributed by atoms with E-state index < -0.39 is 11.6 Å². The lowest BCUT2D eigenvalue weighted by Gasteiger charge is -2.47. The Bertz CT molecular complexity index is 518. The van der Waals surface area contributed by atoms with E-state index in [9.17, 15) is 9.59 Å². The van der Waals surface area contributed by atoms with Crippen LogP contribution in [-0.4, -0.2) is 47.2 Å². The first-order valence-electron chi connectivity index (χ1n) is 7.07. The molecule has 1 N–H and O–H groups in total. The van der Waals surface area contributed by atoms with Crippen molar-refractivity contribution in [1.29, 1.82) is 0 Å². The number of likely N-dealkylation sites (tertiary alicyclic amines) is 1. The summed E-state index contributed by atoms with van der Waals surface area (Å²) in [6.07, 6.45) is 1.19. The van der Waals surface area contributed by atoms with Crippen LogP contribution in [0.4, 0.5) is 0 Å². The lowest BCUT2D eigenvalue weighted by molar-refractivity contribution is -0.173. The first-order valence-corrected chi connectivity index (χ1v) is 7.07. The zero-order valence-corrected chi connectivity index (χ0v) is 12.5. The first-order chi connectivity index (χ1) is 9.88. The summed E-state index contributed by atoms with van der Waals surface area (Å²) in [5.74, 6) is -0.896. The number of carboxylic acid groups (broad SMARTS) is 1. The fraction of sp³-hybridized carbons (Fsp3) is 0.500. The minimum Gasteiger partial charge on any atom is -0.480 e. The Morgan fingerprint density at radius 3 is 2.48 bits per heavy atom. The van der Waals surface area contributed by atoms with Crippen LogP contribution >= 0.6 is 0 Å². The van der Waals surface area contributed by atoms with Gasteiger partial charge in [0.15, 0.2) is 0 Å². The number of nitrogens with zero attached hydrogens (tertiary/aromatic N) is 1. The Kier molecular flexibility index (Phi) is 4.63. The summed E-state index contributed by atoms with van der Waals surface area (Å²) in [6.45, 7) is 4.48. The number of aryl methyl sites for hydroxylation is 2. The summed E-state index contributed by atoms with van der Waals surface area (Å²) >= 11 is 0. The Labute approximate surface area is 124 Å². The van der Waals surface area contributed by atoms with E-state index in [0.29, 0.717) is 19.5 Å². The van der Waals surface area contributed by atoms with E-state index in [4.69, 9.17) is 9.84 Å². The van der Waals surface area contributed by atoms with Crippen LogP contribution in [0, 0.1) is 6.92 Å². The molecule has 0 radical (unpaired) electrons. The maximum absolute atomic E-state index is 12.0. The second-order valence-corrected chi connectivity index (χ2v) is 5.87. The molecule has 1 heterocycles. The summed E-state index contributed by atoms with van der Waals surface area (Å²) in [4.78, 5) is 24.2. The molecule has 5 nitrogen and oxygen atoms in total. The predicted molar refractivity (Wildman–Crippen MR) is 78.1 cm³/mol. The summed E-state index contributed by atoms with van der Waals surface area (Å²) in [7, 11) is 0. The summed E-state index contributed by atoms with van der Waals surface area (Å²) < 4.78 is 5.29. The maximum atomic E-state index is 12.0. The zero-order chi connectivity index (χ0) is 15.5. The van der Waals surface area contributed by atoms with Crippen LogP contribution in [-0.2, 0) is 20.7 Å². The smallest absolute Gasteiger partial charge is 0.329 e. The molecule has 114 valence electrons. The quantitative estimate of drug-likeness (QED) is 0.865. The van der Waals surface area contributed by atoms with Crippen molar-refractivity contribution < 1.29 is 19.4 Å². The summed E-state index contributed by atoms with van der Waals surface area (Å²) in [5.41, 5.74) is 1.84. The molecule has 0 aliphatic carbocycles. The monoisotopic (exact) mass is 291 g/mol. The molecule has 0 unspecified atom stereocenters. The zero-order valence-electron chi connectivity index (χ0n) is 12.5. The Morgan fingerprint density at radius 2 is 1.90 bits per heavy atom. The molecule has 5 heteroatoms. The molecule has 0 saturated carbocycles. The number of aliphatic carboxylic acids is 1. The Morgan fingerprint density at radius 1 is 1.29 bits per heavy atom. The highest BCUT2D eigenvalue weighted by molar-refractivity contribution is 5.77. The molecule has 0 aromatic heterocycles. The Hall–Kier alpha value is -1.88. The van der Waals surface area contributed by atoms with Crippen molar-refractivity contribution in [3.05, 3.63) is 35.4 Å². The van der Waals surface area contributed by atoms with E-state index >= 15 is 0 Å². The van der Waals surface area contributed by atoms with Crippen LogP contribution in [0.2, 0.25) is 0 Å². The van der Waals surface area contributed by atoms with Crippen LogP contribution in [0.5, 0.6) is 0 Å². The molecule has 1 aliphatic rings. The first kappa shape index (κ1) is 15.5. The van der Waals surface area contributed by atoms with Gasteiger partial charge in [0.1, 0.15) is 12.2 Å². The van der Waals surface area contributed by atoms with Gasteiger partial charge >= 0.3 is 5.97 Å². The van der Waals surface area contributed by atoms with Crippen molar-refractivity contribution in [1.82, 2.24) is 4.90 Å². The van der Waals surface area contributed by atoms with Crippen LogP contribution < -0.4 is 0 Å². The van der Waals surface area contributed by atoms with E-state index in [1.54, 1.807) is 4.90 Å². The van der Waals surface area contributed by atoms with E-state index in [-0.39, 0.29) is 12.5 Å². The molecule has 1 fully saturated rings. The van der Waals surface area contributed by atoms with Gasteiger partial charge in [-0.15, -0.1) is 0 Å². The van der Waals surface area contributed by atoms with Crippen LogP contribution in [0.15, 0.2) is 24.3 Å². The largest absolute Gasteiger partial charge is 0.480 e. The third kappa shape index (κ3) is 4.29. The van der Waals surface area contributed by atoms with E-state index in [2.05, 4.69) is 0 Å². The van der Waals surface area contributed by atoms with Crippen molar-refractivity contribution >= 4 is 11.9 Å². The molecule has 1 saturated heterocycles. The normalized spacial score (nSPS) is 16.4. The van der Waals surface area contributed by atoms with Gasteiger partial charge in [-0.1, -0.05) is 29.8 Å². The molecular weight excluding hydrogens is 270 g/mol. The van der Waals surface area contributed by atoms with Gasteiger partial charge < -0.3 is 14.7 Å². The highest BCUT2D eigenvalue weighted by Gasteiger charge is 2.42. The van der Waals surface area contributed by atoms with Gasteiger partial charge in [0, 0.05) is 6.42 Å². The molecule has 0 atom stereocenters. The van der Waals surface area contributed by atoms with Crippen molar-refractivity contribution in [2.24, 2.45) is 0 Å². The second kappa shape index (κ2) is 6.26. The molecule has 1 aromatic carbocycles. The minimum absolute atomic E-state index is 0.0898. The van der Waals surface area contributed by atoms with Crippen molar-refractivity contribution in [2.45, 2.75) is 32.3 Å². The molecule has 1 amide bonds.